The van der Waals surface area contributed by atoms with Crippen LogP contribution in [-0.2, 0) is 0 Å². The minimum absolute atomic E-state index is 0.145. The Bertz CT molecular complexity index is 510. The third kappa shape index (κ3) is 2.91. The molecule has 1 atom stereocenters. The van der Waals surface area contributed by atoms with Crippen LogP contribution in [0.1, 0.15) is 35.5 Å². The van der Waals surface area contributed by atoms with Crippen LogP contribution in [0.15, 0.2) is 29.8 Å². The van der Waals surface area contributed by atoms with E-state index in [1.54, 1.807) is 11.3 Å². The Morgan fingerprint density at radius 3 is 2.89 bits per heavy atom. The molecule has 1 N–H and O–H groups in total. The van der Waals surface area contributed by atoms with Crippen molar-refractivity contribution in [2.45, 2.75) is 26.3 Å². The molecule has 0 saturated heterocycles. The average Bonchev–Trinajstić information content (AvgIpc) is 2.78. The number of pyridine rings is 1. The predicted molar refractivity (Wildman–Crippen MR) is 78.4 cm³/mol. The summed E-state index contributed by atoms with van der Waals surface area (Å²) in [6.45, 7) is 5.17. The number of thiophene rings is 1. The Kier molecular flexibility index (Phi) is 4.75. The van der Waals surface area contributed by atoms with E-state index in [2.05, 4.69) is 23.3 Å². The molecular formula is C14H17ClN2S. The molecule has 4 heteroatoms. The topological polar surface area (TPSA) is 24.9 Å². The molecule has 0 spiro atoms. The standard InChI is InChI=1S/C14H17ClN2S/c1-3-7-17-13(14-12(15)6-9-18-14)11-5-4-8-16-10(11)2/h4-6,8-9,13,17H,3,7H2,1-2H3. The van der Waals surface area contributed by atoms with Gasteiger partial charge in [-0.2, -0.15) is 0 Å². The van der Waals surface area contributed by atoms with E-state index in [4.69, 9.17) is 11.6 Å². The van der Waals surface area contributed by atoms with E-state index in [1.165, 1.54) is 10.4 Å². The van der Waals surface area contributed by atoms with Crippen molar-refractivity contribution < 1.29 is 0 Å². The predicted octanol–water partition coefficient (Wildman–Crippen LogP) is 4.19. The van der Waals surface area contributed by atoms with Gasteiger partial charge in [0.15, 0.2) is 0 Å². The van der Waals surface area contributed by atoms with Crippen LogP contribution in [0.4, 0.5) is 0 Å². The largest absolute Gasteiger partial charge is 0.305 e. The highest BCUT2D eigenvalue weighted by Crippen LogP contribution is 2.33. The maximum Gasteiger partial charge on any atom is 0.0703 e. The smallest absolute Gasteiger partial charge is 0.0703 e. The van der Waals surface area contributed by atoms with Gasteiger partial charge in [0.05, 0.1) is 11.1 Å². The van der Waals surface area contributed by atoms with Crippen LogP contribution in [0.2, 0.25) is 5.02 Å². The van der Waals surface area contributed by atoms with Crippen LogP contribution >= 0.6 is 22.9 Å². The Morgan fingerprint density at radius 1 is 1.44 bits per heavy atom. The minimum Gasteiger partial charge on any atom is -0.305 e. The highest BCUT2D eigenvalue weighted by molar-refractivity contribution is 7.10. The first-order valence-electron chi connectivity index (χ1n) is 6.11. The molecular weight excluding hydrogens is 264 g/mol. The lowest BCUT2D eigenvalue weighted by Crippen LogP contribution is -2.23. The summed E-state index contributed by atoms with van der Waals surface area (Å²) in [7, 11) is 0. The molecule has 2 heterocycles. The van der Waals surface area contributed by atoms with Crippen LogP contribution in [0.25, 0.3) is 0 Å². The molecule has 0 aliphatic carbocycles. The van der Waals surface area contributed by atoms with Gasteiger partial charge in [0, 0.05) is 16.8 Å². The van der Waals surface area contributed by atoms with E-state index in [1.807, 2.05) is 30.6 Å². The molecule has 0 amide bonds. The van der Waals surface area contributed by atoms with Gasteiger partial charge in [0.1, 0.15) is 0 Å². The third-order valence-electron chi connectivity index (χ3n) is 2.86. The van der Waals surface area contributed by atoms with Gasteiger partial charge in [0.25, 0.3) is 0 Å². The lowest BCUT2D eigenvalue weighted by atomic mass is 10.0. The van der Waals surface area contributed by atoms with Crippen molar-refractivity contribution in [3.8, 4) is 0 Å². The number of hydrogen-bond donors (Lipinski definition) is 1. The molecule has 0 aliphatic heterocycles. The van der Waals surface area contributed by atoms with E-state index in [0.29, 0.717) is 0 Å². The monoisotopic (exact) mass is 280 g/mol. The first kappa shape index (κ1) is 13.5. The van der Waals surface area contributed by atoms with E-state index >= 15 is 0 Å². The van der Waals surface area contributed by atoms with Gasteiger partial charge < -0.3 is 5.32 Å². The van der Waals surface area contributed by atoms with Crippen LogP contribution < -0.4 is 5.32 Å². The normalized spacial score (nSPS) is 12.6. The molecule has 0 aliphatic rings. The number of halogens is 1. The Labute approximate surface area is 117 Å². The summed E-state index contributed by atoms with van der Waals surface area (Å²) in [6.07, 6.45) is 2.92. The molecule has 2 rings (SSSR count). The lowest BCUT2D eigenvalue weighted by Gasteiger charge is -2.19. The minimum atomic E-state index is 0.145. The fourth-order valence-electron chi connectivity index (χ4n) is 1.95. The zero-order valence-electron chi connectivity index (χ0n) is 10.6. The van der Waals surface area contributed by atoms with Gasteiger partial charge in [-0.1, -0.05) is 24.6 Å². The van der Waals surface area contributed by atoms with E-state index in [9.17, 15) is 0 Å². The number of hydrogen-bond acceptors (Lipinski definition) is 3. The zero-order chi connectivity index (χ0) is 13.0. The SMILES string of the molecule is CCCNC(c1cccnc1C)c1sccc1Cl. The van der Waals surface area contributed by atoms with Crippen molar-refractivity contribution in [2.24, 2.45) is 0 Å². The van der Waals surface area contributed by atoms with Gasteiger partial charge in [0.2, 0.25) is 0 Å². The van der Waals surface area contributed by atoms with Crippen molar-refractivity contribution in [1.82, 2.24) is 10.3 Å². The Hall–Kier alpha value is -0.900. The molecule has 2 nitrogen and oxygen atoms in total. The number of rotatable bonds is 5. The first-order valence-corrected chi connectivity index (χ1v) is 7.37. The second-order valence-electron chi connectivity index (χ2n) is 4.20. The highest BCUT2D eigenvalue weighted by Gasteiger charge is 2.19. The molecule has 2 aromatic heterocycles. The fraction of sp³-hybridized carbons (Fsp3) is 0.357. The Balaban J connectivity index is 2.37. The summed E-state index contributed by atoms with van der Waals surface area (Å²) in [5, 5.41) is 6.42. The molecule has 2 aromatic rings. The summed E-state index contributed by atoms with van der Waals surface area (Å²) < 4.78 is 0. The van der Waals surface area contributed by atoms with Crippen molar-refractivity contribution in [2.75, 3.05) is 6.54 Å². The van der Waals surface area contributed by atoms with Crippen molar-refractivity contribution in [1.29, 1.82) is 0 Å². The second kappa shape index (κ2) is 6.32. The maximum atomic E-state index is 6.27. The van der Waals surface area contributed by atoms with Crippen molar-refractivity contribution in [3.05, 3.63) is 50.9 Å². The fourth-order valence-corrected chi connectivity index (χ4v) is 3.20. The van der Waals surface area contributed by atoms with Gasteiger partial charge in [-0.25, -0.2) is 0 Å². The molecule has 0 fully saturated rings. The summed E-state index contributed by atoms with van der Waals surface area (Å²) in [6, 6.07) is 6.19. The molecule has 0 aromatic carbocycles. The van der Waals surface area contributed by atoms with Gasteiger partial charge >= 0.3 is 0 Å². The zero-order valence-corrected chi connectivity index (χ0v) is 12.2. The highest BCUT2D eigenvalue weighted by atomic mass is 35.5. The van der Waals surface area contributed by atoms with Gasteiger partial charge in [-0.05, 0) is 43.0 Å². The van der Waals surface area contributed by atoms with E-state index in [0.717, 1.165) is 23.7 Å². The molecule has 0 bridgehead atoms. The van der Waals surface area contributed by atoms with Crippen molar-refractivity contribution >= 4 is 22.9 Å². The summed E-state index contributed by atoms with van der Waals surface area (Å²) >= 11 is 7.96. The lowest BCUT2D eigenvalue weighted by molar-refractivity contribution is 0.601. The van der Waals surface area contributed by atoms with Crippen LogP contribution in [-0.4, -0.2) is 11.5 Å². The van der Waals surface area contributed by atoms with Gasteiger partial charge in [-0.15, -0.1) is 11.3 Å². The number of aryl methyl sites for hydroxylation is 1. The molecule has 0 saturated carbocycles. The third-order valence-corrected chi connectivity index (χ3v) is 4.29. The number of nitrogens with one attached hydrogen (secondary N) is 1. The Morgan fingerprint density at radius 2 is 2.28 bits per heavy atom. The van der Waals surface area contributed by atoms with E-state index < -0.39 is 0 Å². The van der Waals surface area contributed by atoms with Crippen LogP contribution in [0, 0.1) is 6.92 Å². The van der Waals surface area contributed by atoms with Crippen LogP contribution in [0.5, 0.6) is 0 Å². The second-order valence-corrected chi connectivity index (χ2v) is 5.55. The average molecular weight is 281 g/mol. The molecule has 96 valence electrons. The van der Waals surface area contributed by atoms with E-state index in [-0.39, 0.29) is 6.04 Å². The summed E-state index contributed by atoms with van der Waals surface area (Å²) in [5.74, 6) is 0. The quantitative estimate of drug-likeness (QED) is 0.888. The number of nitrogens with zero attached hydrogens (tertiary/aromatic N) is 1. The summed E-state index contributed by atoms with van der Waals surface area (Å²) in [4.78, 5) is 5.54. The van der Waals surface area contributed by atoms with Crippen LogP contribution in [0.3, 0.4) is 0 Å². The maximum absolute atomic E-state index is 6.27. The molecule has 0 radical (unpaired) electrons. The summed E-state index contributed by atoms with van der Waals surface area (Å²) in [5.41, 5.74) is 2.26. The number of aromatic nitrogens is 1. The first-order chi connectivity index (χ1) is 8.74. The van der Waals surface area contributed by atoms with Gasteiger partial charge in [-0.3, -0.25) is 4.98 Å². The van der Waals surface area contributed by atoms with Crippen molar-refractivity contribution in [3.63, 3.8) is 0 Å². The molecule has 1 unspecified atom stereocenters. The molecule has 18 heavy (non-hydrogen) atoms.